The Bertz CT molecular complexity index is 905. The molecule has 4 aromatic carbocycles. The van der Waals surface area contributed by atoms with Crippen LogP contribution in [-0.4, -0.2) is 0 Å². The first-order valence-electron chi connectivity index (χ1n) is 8.90. The van der Waals surface area contributed by atoms with E-state index in [0.717, 1.165) is 17.1 Å². The summed E-state index contributed by atoms with van der Waals surface area (Å²) in [6, 6.07) is 41.8. The molecule has 3 heteroatoms. The average molecular weight is 369 g/mol. The molecule has 2 nitrogen and oxygen atoms in total. The first kappa shape index (κ1) is 17.3. The molecule has 0 aliphatic carbocycles. The number of hydrazine groups is 1. The normalized spacial score (nSPS) is 10.4. The van der Waals surface area contributed by atoms with Crippen LogP contribution in [0.1, 0.15) is 0 Å². The van der Waals surface area contributed by atoms with Gasteiger partial charge >= 0.3 is 0 Å². The number of nitrogens with zero attached hydrogens (tertiary/aromatic N) is 2. The van der Waals surface area contributed by atoms with E-state index in [1.165, 1.54) is 4.90 Å². The summed E-state index contributed by atoms with van der Waals surface area (Å²) in [5.41, 5.74) is 3.33. The lowest BCUT2D eigenvalue weighted by Crippen LogP contribution is -2.34. The maximum atomic E-state index is 2.24. The third-order valence-electron chi connectivity index (χ3n) is 4.10. The Labute approximate surface area is 164 Å². The van der Waals surface area contributed by atoms with Crippen LogP contribution >= 0.6 is 11.9 Å². The number of rotatable bonds is 6. The molecule has 0 saturated carbocycles. The van der Waals surface area contributed by atoms with E-state index in [1.54, 1.807) is 11.9 Å². The minimum atomic E-state index is 1.11. The van der Waals surface area contributed by atoms with Gasteiger partial charge in [-0.2, -0.15) is 0 Å². The molecule has 0 N–H and O–H groups in total. The van der Waals surface area contributed by atoms with Crippen LogP contribution in [0.15, 0.2) is 126 Å². The van der Waals surface area contributed by atoms with Crippen molar-refractivity contribution in [1.29, 1.82) is 0 Å². The van der Waals surface area contributed by atoms with Crippen LogP contribution < -0.4 is 9.42 Å². The summed E-state index contributed by atoms with van der Waals surface area (Å²) in [4.78, 5) is 1.18. The Morgan fingerprint density at radius 2 is 0.778 bits per heavy atom. The van der Waals surface area contributed by atoms with Crippen LogP contribution in [0.25, 0.3) is 0 Å². The van der Waals surface area contributed by atoms with E-state index in [-0.39, 0.29) is 0 Å². The molecule has 0 radical (unpaired) electrons. The lowest BCUT2D eigenvalue weighted by Gasteiger charge is -2.37. The highest BCUT2D eigenvalue weighted by atomic mass is 32.2. The van der Waals surface area contributed by atoms with Crippen molar-refractivity contribution in [3.8, 4) is 0 Å². The van der Waals surface area contributed by atoms with Gasteiger partial charge in [0.05, 0.1) is 17.1 Å². The molecule has 0 spiro atoms. The van der Waals surface area contributed by atoms with E-state index < -0.39 is 0 Å². The van der Waals surface area contributed by atoms with Gasteiger partial charge in [-0.15, -0.1) is 0 Å². The lowest BCUT2D eigenvalue weighted by molar-refractivity contribution is 1.07. The zero-order chi connectivity index (χ0) is 18.3. The highest BCUT2D eigenvalue weighted by Crippen LogP contribution is 2.37. The van der Waals surface area contributed by atoms with E-state index in [2.05, 4.69) is 106 Å². The van der Waals surface area contributed by atoms with Gasteiger partial charge in [0.25, 0.3) is 0 Å². The van der Waals surface area contributed by atoms with Crippen molar-refractivity contribution in [2.75, 3.05) is 9.42 Å². The SMILES string of the molecule is c1ccc(SN(c2ccccc2)N(c2ccccc2)c2ccccc2)cc1. The number of para-hydroxylation sites is 3. The minimum absolute atomic E-state index is 1.11. The second kappa shape index (κ2) is 8.47. The maximum absolute atomic E-state index is 2.24. The molecule has 0 amide bonds. The van der Waals surface area contributed by atoms with Crippen molar-refractivity contribution < 1.29 is 0 Å². The molecule has 0 saturated heterocycles. The molecule has 0 bridgehead atoms. The van der Waals surface area contributed by atoms with Gasteiger partial charge in [-0.3, -0.25) is 0 Å². The topological polar surface area (TPSA) is 6.48 Å². The van der Waals surface area contributed by atoms with Gasteiger partial charge in [0, 0.05) is 16.8 Å². The van der Waals surface area contributed by atoms with Gasteiger partial charge in [0.15, 0.2) is 0 Å². The van der Waals surface area contributed by atoms with Gasteiger partial charge in [0.1, 0.15) is 0 Å². The fourth-order valence-corrected chi connectivity index (χ4v) is 3.82. The number of hydrogen-bond acceptors (Lipinski definition) is 3. The lowest BCUT2D eigenvalue weighted by atomic mass is 10.2. The van der Waals surface area contributed by atoms with E-state index in [0.29, 0.717) is 0 Å². The second-order valence-electron chi connectivity index (χ2n) is 6.00. The van der Waals surface area contributed by atoms with Crippen molar-refractivity contribution in [2.45, 2.75) is 4.90 Å². The summed E-state index contributed by atoms with van der Waals surface area (Å²) >= 11 is 1.70. The molecule has 4 aromatic rings. The molecule has 0 aromatic heterocycles. The Balaban J connectivity index is 1.83. The van der Waals surface area contributed by atoms with Crippen molar-refractivity contribution in [2.24, 2.45) is 0 Å². The largest absolute Gasteiger partial charge is 0.243 e. The van der Waals surface area contributed by atoms with Gasteiger partial charge in [0.2, 0.25) is 0 Å². The van der Waals surface area contributed by atoms with E-state index in [9.17, 15) is 0 Å². The third kappa shape index (κ3) is 4.15. The van der Waals surface area contributed by atoms with Crippen LogP contribution in [0.2, 0.25) is 0 Å². The van der Waals surface area contributed by atoms with Gasteiger partial charge in [-0.05, 0) is 48.5 Å². The zero-order valence-corrected chi connectivity index (χ0v) is 15.7. The molecular formula is C24H20N2S. The standard InChI is InChI=1S/C24H20N2S/c1-5-13-21(14-6-1)25(22-15-7-2-8-16-22)26(23-17-9-3-10-18-23)27-24-19-11-4-12-20-24/h1-20H. The summed E-state index contributed by atoms with van der Waals surface area (Å²) in [6.07, 6.45) is 0. The molecule has 0 aliphatic heterocycles. The fourth-order valence-electron chi connectivity index (χ4n) is 2.84. The predicted molar refractivity (Wildman–Crippen MR) is 116 cm³/mol. The molecular weight excluding hydrogens is 348 g/mol. The summed E-state index contributed by atoms with van der Waals surface area (Å²) in [5, 5.41) is 2.24. The van der Waals surface area contributed by atoms with Crippen molar-refractivity contribution in [3.05, 3.63) is 121 Å². The Morgan fingerprint density at radius 1 is 0.407 bits per heavy atom. The third-order valence-corrected chi connectivity index (χ3v) is 5.13. The van der Waals surface area contributed by atoms with Crippen LogP contribution in [0.3, 0.4) is 0 Å². The average Bonchev–Trinajstić information content (AvgIpc) is 2.76. The smallest absolute Gasteiger partial charge is 0.0711 e. The first-order valence-corrected chi connectivity index (χ1v) is 9.67. The number of hydrogen-bond donors (Lipinski definition) is 0. The Morgan fingerprint density at radius 3 is 1.22 bits per heavy atom. The van der Waals surface area contributed by atoms with Crippen molar-refractivity contribution in [3.63, 3.8) is 0 Å². The van der Waals surface area contributed by atoms with Crippen molar-refractivity contribution >= 4 is 29.0 Å². The zero-order valence-electron chi connectivity index (χ0n) is 14.8. The summed E-state index contributed by atoms with van der Waals surface area (Å²) < 4.78 is 2.24. The molecule has 4 rings (SSSR count). The monoisotopic (exact) mass is 368 g/mol. The quantitative estimate of drug-likeness (QED) is 0.268. The first-order chi connectivity index (χ1) is 13.4. The molecule has 132 valence electrons. The Hall–Kier alpha value is -3.17. The highest BCUT2D eigenvalue weighted by Gasteiger charge is 2.20. The fraction of sp³-hybridized carbons (Fsp3) is 0. The molecule has 0 unspecified atom stereocenters. The van der Waals surface area contributed by atoms with Gasteiger partial charge in [-0.25, -0.2) is 9.42 Å². The molecule has 0 atom stereocenters. The molecule has 0 aliphatic rings. The highest BCUT2D eigenvalue weighted by molar-refractivity contribution is 8.00. The summed E-state index contributed by atoms with van der Waals surface area (Å²) in [7, 11) is 0. The maximum Gasteiger partial charge on any atom is 0.0711 e. The number of anilines is 3. The van der Waals surface area contributed by atoms with E-state index >= 15 is 0 Å². The van der Waals surface area contributed by atoms with E-state index in [4.69, 9.17) is 0 Å². The Kier molecular flexibility index (Phi) is 5.42. The van der Waals surface area contributed by atoms with Crippen LogP contribution in [0.4, 0.5) is 17.1 Å². The predicted octanol–water partition coefficient (Wildman–Crippen LogP) is 6.95. The summed E-state index contributed by atoms with van der Waals surface area (Å²) in [6.45, 7) is 0. The molecule has 0 fully saturated rings. The minimum Gasteiger partial charge on any atom is -0.243 e. The van der Waals surface area contributed by atoms with Crippen LogP contribution in [0.5, 0.6) is 0 Å². The van der Waals surface area contributed by atoms with Crippen LogP contribution in [0, 0.1) is 0 Å². The van der Waals surface area contributed by atoms with Crippen molar-refractivity contribution in [1.82, 2.24) is 0 Å². The number of benzene rings is 4. The van der Waals surface area contributed by atoms with Gasteiger partial charge < -0.3 is 0 Å². The second-order valence-corrected chi connectivity index (χ2v) is 7.00. The van der Waals surface area contributed by atoms with Gasteiger partial charge in [-0.1, -0.05) is 72.8 Å². The van der Waals surface area contributed by atoms with Crippen LogP contribution in [-0.2, 0) is 0 Å². The molecule has 27 heavy (non-hydrogen) atoms. The van der Waals surface area contributed by atoms with E-state index in [1.807, 2.05) is 24.3 Å². The molecule has 0 heterocycles. The summed E-state index contributed by atoms with van der Waals surface area (Å²) in [5.74, 6) is 0.